The molecule has 3 rings (SSSR count). The summed E-state index contributed by atoms with van der Waals surface area (Å²) in [6.07, 6.45) is 0. The van der Waals surface area contributed by atoms with Crippen LogP contribution < -0.4 is 5.32 Å². The minimum atomic E-state index is -1.17. The summed E-state index contributed by atoms with van der Waals surface area (Å²) in [6, 6.07) is 16.0. The third-order valence-electron chi connectivity index (χ3n) is 4.43. The molecule has 6 nitrogen and oxygen atoms in total. The molecule has 8 heteroatoms. The SMILES string of the molecule is CN(C)CCNC(c1ccccc1)c1c(C(=O)O)nc2ccccc2c1O.Cl.Cl. The van der Waals surface area contributed by atoms with E-state index < -0.39 is 12.0 Å². The van der Waals surface area contributed by atoms with Crippen LogP contribution in [0.2, 0.25) is 0 Å². The van der Waals surface area contributed by atoms with Crippen molar-refractivity contribution in [3.63, 3.8) is 0 Å². The lowest BCUT2D eigenvalue weighted by Gasteiger charge is -2.23. The number of nitrogens with one attached hydrogen (secondary N) is 1. The summed E-state index contributed by atoms with van der Waals surface area (Å²) in [5, 5.41) is 24.6. The number of aromatic nitrogens is 1. The number of carboxylic acid groups (broad SMARTS) is 1. The molecule has 1 aromatic heterocycles. The largest absolute Gasteiger partial charge is 0.507 e. The highest BCUT2D eigenvalue weighted by atomic mass is 35.5. The van der Waals surface area contributed by atoms with Gasteiger partial charge in [-0.15, -0.1) is 24.8 Å². The van der Waals surface area contributed by atoms with Gasteiger partial charge in [-0.05, 0) is 31.8 Å². The number of rotatable bonds is 7. The average Bonchev–Trinajstić information content (AvgIpc) is 2.66. The Morgan fingerprint density at radius 1 is 1.07 bits per heavy atom. The van der Waals surface area contributed by atoms with E-state index in [0.29, 0.717) is 17.4 Å². The Balaban J connectivity index is 0.00000210. The number of carbonyl (C=O) groups is 1. The maximum atomic E-state index is 11.9. The lowest BCUT2D eigenvalue weighted by molar-refractivity contribution is 0.0688. The highest BCUT2D eigenvalue weighted by Crippen LogP contribution is 2.36. The lowest BCUT2D eigenvalue weighted by Crippen LogP contribution is -2.31. The van der Waals surface area contributed by atoms with Crippen LogP contribution in [-0.4, -0.2) is 53.3 Å². The maximum Gasteiger partial charge on any atom is 0.355 e. The zero-order valence-corrected chi connectivity index (χ0v) is 17.8. The number of para-hydroxylation sites is 1. The van der Waals surface area contributed by atoms with Crippen LogP contribution in [0.4, 0.5) is 0 Å². The molecule has 0 spiro atoms. The van der Waals surface area contributed by atoms with Crippen molar-refractivity contribution >= 4 is 41.7 Å². The van der Waals surface area contributed by atoms with Crippen LogP contribution in [0.3, 0.4) is 0 Å². The first-order valence-corrected chi connectivity index (χ1v) is 8.77. The number of nitrogens with zero attached hydrogens (tertiary/aromatic N) is 2. The predicted molar refractivity (Wildman–Crippen MR) is 120 cm³/mol. The zero-order chi connectivity index (χ0) is 19.4. The van der Waals surface area contributed by atoms with Gasteiger partial charge in [-0.25, -0.2) is 9.78 Å². The molecule has 0 aliphatic heterocycles. The van der Waals surface area contributed by atoms with E-state index >= 15 is 0 Å². The van der Waals surface area contributed by atoms with Gasteiger partial charge in [0.15, 0.2) is 5.69 Å². The molecular formula is C21H25Cl2N3O3. The van der Waals surface area contributed by atoms with Crippen molar-refractivity contribution in [2.45, 2.75) is 6.04 Å². The molecule has 1 heterocycles. The number of halogens is 2. The normalized spacial score (nSPS) is 11.6. The average molecular weight is 438 g/mol. The third-order valence-corrected chi connectivity index (χ3v) is 4.43. The number of carboxylic acids is 1. The van der Waals surface area contributed by atoms with Crippen LogP contribution in [0.15, 0.2) is 54.6 Å². The fraction of sp³-hybridized carbons (Fsp3) is 0.238. The highest BCUT2D eigenvalue weighted by Gasteiger charge is 2.27. The van der Waals surface area contributed by atoms with E-state index in [2.05, 4.69) is 10.3 Å². The van der Waals surface area contributed by atoms with Crippen LogP contribution in [0.25, 0.3) is 10.9 Å². The highest BCUT2D eigenvalue weighted by molar-refractivity contribution is 5.95. The van der Waals surface area contributed by atoms with Crippen molar-refractivity contribution in [2.75, 3.05) is 27.2 Å². The van der Waals surface area contributed by atoms with E-state index in [1.54, 1.807) is 24.3 Å². The number of fused-ring (bicyclic) bond motifs is 1. The van der Waals surface area contributed by atoms with Gasteiger partial charge in [-0.3, -0.25) is 0 Å². The second kappa shape index (κ2) is 11.0. The van der Waals surface area contributed by atoms with Crippen molar-refractivity contribution in [1.82, 2.24) is 15.2 Å². The fourth-order valence-electron chi connectivity index (χ4n) is 3.11. The van der Waals surface area contributed by atoms with Crippen molar-refractivity contribution in [2.24, 2.45) is 0 Å². The number of aromatic carboxylic acids is 1. The summed E-state index contributed by atoms with van der Waals surface area (Å²) in [5.74, 6) is -1.22. The van der Waals surface area contributed by atoms with Gasteiger partial charge in [0, 0.05) is 24.0 Å². The van der Waals surface area contributed by atoms with Crippen molar-refractivity contribution < 1.29 is 15.0 Å². The standard InChI is InChI=1S/C21H23N3O3.2ClH/c1-24(2)13-12-22-18(14-8-4-3-5-9-14)17-19(21(26)27)23-16-11-7-6-10-15(16)20(17)25;;/h3-11,18,22H,12-13H2,1-2H3,(H,23,25)(H,26,27);2*1H. The van der Waals surface area contributed by atoms with E-state index in [4.69, 9.17) is 0 Å². The van der Waals surface area contributed by atoms with Gasteiger partial charge in [0.25, 0.3) is 0 Å². The fourth-order valence-corrected chi connectivity index (χ4v) is 3.11. The van der Waals surface area contributed by atoms with Crippen LogP contribution in [0.5, 0.6) is 5.75 Å². The minimum Gasteiger partial charge on any atom is -0.507 e. The predicted octanol–water partition coefficient (Wildman–Crippen LogP) is 3.72. The maximum absolute atomic E-state index is 11.9. The number of hydrogen-bond acceptors (Lipinski definition) is 5. The van der Waals surface area contributed by atoms with Gasteiger partial charge in [-0.2, -0.15) is 0 Å². The number of benzene rings is 2. The molecule has 156 valence electrons. The second-order valence-corrected chi connectivity index (χ2v) is 6.65. The van der Waals surface area contributed by atoms with Crippen LogP contribution in [0, 0.1) is 0 Å². The lowest BCUT2D eigenvalue weighted by atomic mass is 9.94. The van der Waals surface area contributed by atoms with Gasteiger partial charge in [0.05, 0.1) is 11.6 Å². The van der Waals surface area contributed by atoms with Gasteiger partial charge in [-0.1, -0.05) is 42.5 Å². The summed E-state index contributed by atoms with van der Waals surface area (Å²) in [5.41, 5.74) is 1.46. The molecule has 0 aliphatic rings. The quantitative estimate of drug-likeness (QED) is 0.522. The van der Waals surface area contributed by atoms with Crippen LogP contribution in [0.1, 0.15) is 27.7 Å². The first-order chi connectivity index (χ1) is 13.0. The monoisotopic (exact) mass is 437 g/mol. The molecule has 0 saturated heterocycles. The van der Waals surface area contributed by atoms with E-state index in [1.165, 1.54) is 0 Å². The second-order valence-electron chi connectivity index (χ2n) is 6.65. The Bertz CT molecular complexity index is 953. The number of aromatic hydroxyl groups is 1. The van der Waals surface area contributed by atoms with E-state index in [9.17, 15) is 15.0 Å². The topological polar surface area (TPSA) is 85.7 Å². The van der Waals surface area contributed by atoms with E-state index in [0.717, 1.165) is 12.1 Å². The Morgan fingerprint density at radius 3 is 2.31 bits per heavy atom. The van der Waals surface area contributed by atoms with E-state index in [-0.39, 0.29) is 41.8 Å². The van der Waals surface area contributed by atoms with Crippen LogP contribution >= 0.6 is 24.8 Å². The molecule has 3 aromatic rings. The van der Waals surface area contributed by atoms with Gasteiger partial charge >= 0.3 is 5.97 Å². The number of pyridine rings is 1. The minimum absolute atomic E-state index is 0. The number of hydrogen-bond donors (Lipinski definition) is 3. The number of likely N-dealkylation sites (N-methyl/N-ethyl adjacent to an activating group) is 1. The molecule has 1 atom stereocenters. The van der Waals surface area contributed by atoms with Crippen molar-refractivity contribution in [1.29, 1.82) is 0 Å². The molecule has 29 heavy (non-hydrogen) atoms. The molecule has 0 saturated carbocycles. The van der Waals surface area contributed by atoms with E-state index in [1.807, 2.05) is 49.3 Å². The molecule has 0 amide bonds. The van der Waals surface area contributed by atoms with Gasteiger partial charge in [0.2, 0.25) is 0 Å². The molecule has 0 bridgehead atoms. The zero-order valence-electron chi connectivity index (χ0n) is 16.2. The summed E-state index contributed by atoms with van der Waals surface area (Å²) in [4.78, 5) is 18.3. The Hall–Kier alpha value is -2.38. The summed E-state index contributed by atoms with van der Waals surface area (Å²) < 4.78 is 0. The van der Waals surface area contributed by atoms with Crippen molar-refractivity contribution in [3.05, 3.63) is 71.4 Å². The molecule has 0 radical (unpaired) electrons. The summed E-state index contributed by atoms with van der Waals surface area (Å²) >= 11 is 0. The van der Waals surface area contributed by atoms with Crippen LogP contribution in [-0.2, 0) is 0 Å². The Labute approximate surface area is 182 Å². The molecular weight excluding hydrogens is 413 g/mol. The third kappa shape index (κ3) is 5.58. The molecule has 0 aliphatic carbocycles. The van der Waals surface area contributed by atoms with Crippen molar-refractivity contribution in [3.8, 4) is 5.75 Å². The summed E-state index contributed by atoms with van der Waals surface area (Å²) in [6.45, 7) is 1.39. The molecule has 0 fully saturated rings. The summed E-state index contributed by atoms with van der Waals surface area (Å²) in [7, 11) is 3.94. The van der Waals surface area contributed by atoms with Gasteiger partial charge in [0.1, 0.15) is 5.75 Å². The molecule has 2 aromatic carbocycles. The Kier molecular flexibility index (Phi) is 9.33. The first-order valence-electron chi connectivity index (χ1n) is 8.77. The Morgan fingerprint density at radius 2 is 1.69 bits per heavy atom. The molecule has 3 N–H and O–H groups in total. The molecule has 1 unspecified atom stereocenters. The van der Waals surface area contributed by atoms with Gasteiger partial charge < -0.3 is 20.4 Å². The smallest absolute Gasteiger partial charge is 0.355 e. The first kappa shape index (κ1) is 24.7.